The van der Waals surface area contributed by atoms with Crippen LogP contribution in [0.2, 0.25) is 0 Å². The van der Waals surface area contributed by atoms with Crippen LogP contribution in [0, 0.1) is 17.8 Å². The summed E-state index contributed by atoms with van der Waals surface area (Å²) in [5.41, 5.74) is 0. The number of aliphatic imine (C=N–C) groups is 1. The topological polar surface area (TPSA) is 30.9 Å². The number of nitrogens with one attached hydrogen (secondary N) is 1. The van der Waals surface area contributed by atoms with E-state index in [1.807, 2.05) is 7.05 Å². The fourth-order valence-electron chi connectivity index (χ4n) is 4.33. The van der Waals surface area contributed by atoms with Gasteiger partial charge in [0.15, 0.2) is 5.96 Å². The lowest BCUT2D eigenvalue weighted by Gasteiger charge is -2.31. The van der Waals surface area contributed by atoms with Crippen LogP contribution in [0.1, 0.15) is 46.0 Å². The molecule has 128 valence electrons. The highest BCUT2D eigenvalue weighted by atomic mass is 15.3. The summed E-state index contributed by atoms with van der Waals surface area (Å²) in [6.07, 6.45) is 6.65. The molecule has 2 rings (SSSR count). The van der Waals surface area contributed by atoms with Gasteiger partial charge >= 0.3 is 0 Å². The van der Waals surface area contributed by atoms with Gasteiger partial charge < -0.3 is 15.1 Å². The Bertz CT molecular complexity index is 351. The van der Waals surface area contributed by atoms with Crippen molar-refractivity contribution in [3.05, 3.63) is 0 Å². The molecule has 0 aromatic carbocycles. The van der Waals surface area contributed by atoms with Crippen molar-refractivity contribution in [1.82, 2.24) is 15.1 Å². The molecule has 22 heavy (non-hydrogen) atoms. The van der Waals surface area contributed by atoms with Crippen LogP contribution in [0.4, 0.5) is 0 Å². The van der Waals surface area contributed by atoms with E-state index >= 15 is 0 Å². The van der Waals surface area contributed by atoms with E-state index in [-0.39, 0.29) is 0 Å². The third-order valence-corrected chi connectivity index (χ3v) is 5.72. The van der Waals surface area contributed by atoms with E-state index in [0.717, 1.165) is 30.3 Å². The van der Waals surface area contributed by atoms with Crippen LogP contribution < -0.4 is 5.32 Å². The predicted molar refractivity (Wildman–Crippen MR) is 95.3 cm³/mol. The van der Waals surface area contributed by atoms with Crippen molar-refractivity contribution in [2.24, 2.45) is 22.7 Å². The maximum Gasteiger partial charge on any atom is 0.193 e. The third-order valence-electron chi connectivity index (χ3n) is 5.72. The molecule has 2 aliphatic heterocycles. The first kappa shape index (κ1) is 17.6. The van der Waals surface area contributed by atoms with Crippen molar-refractivity contribution in [3.63, 3.8) is 0 Å². The van der Waals surface area contributed by atoms with Gasteiger partial charge in [-0.3, -0.25) is 4.99 Å². The van der Waals surface area contributed by atoms with E-state index in [4.69, 9.17) is 0 Å². The van der Waals surface area contributed by atoms with E-state index in [1.54, 1.807) is 0 Å². The quantitative estimate of drug-likeness (QED) is 0.626. The highest BCUT2D eigenvalue weighted by Gasteiger charge is 2.29. The molecule has 4 heteroatoms. The smallest absolute Gasteiger partial charge is 0.193 e. The number of piperidine rings is 1. The minimum Gasteiger partial charge on any atom is -0.356 e. The Balaban J connectivity index is 1.80. The summed E-state index contributed by atoms with van der Waals surface area (Å²) in [5.74, 6) is 3.64. The van der Waals surface area contributed by atoms with Crippen LogP contribution in [0.25, 0.3) is 0 Å². The molecule has 2 unspecified atom stereocenters. The fraction of sp³-hybridized carbons (Fsp3) is 0.944. The number of nitrogens with zero attached hydrogens (tertiary/aromatic N) is 3. The van der Waals surface area contributed by atoms with Crippen molar-refractivity contribution in [3.8, 4) is 0 Å². The van der Waals surface area contributed by atoms with Gasteiger partial charge in [-0.1, -0.05) is 26.7 Å². The Morgan fingerprint density at radius 1 is 1.18 bits per heavy atom. The molecule has 0 saturated carbocycles. The van der Waals surface area contributed by atoms with Crippen LogP contribution >= 0.6 is 0 Å². The second-order valence-corrected chi connectivity index (χ2v) is 7.27. The molecule has 0 aromatic heterocycles. The zero-order valence-corrected chi connectivity index (χ0v) is 15.1. The third kappa shape index (κ3) is 4.61. The Hall–Kier alpha value is -0.770. The van der Waals surface area contributed by atoms with Crippen LogP contribution in [0.15, 0.2) is 4.99 Å². The molecule has 1 N–H and O–H groups in total. The van der Waals surface area contributed by atoms with E-state index in [2.05, 4.69) is 41.0 Å². The Labute approximate surface area is 137 Å². The minimum absolute atomic E-state index is 0.771. The number of hydrogen-bond acceptors (Lipinski definition) is 2. The highest BCUT2D eigenvalue weighted by molar-refractivity contribution is 5.80. The Morgan fingerprint density at radius 2 is 1.95 bits per heavy atom. The summed E-state index contributed by atoms with van der Waals surface area (Å²) in [4.78, 5) is 9.47. The lowest BCUT2D eigenvalue weighted by Crippen LogP contribution is -2.45. The van der Waals surface area contributed by atoms with Gasteiger partial charge in [0, 0.05) is 33.2 Å². The standard InChI is InChI=1S/C18H36N4/c1-5-16(6-2)17-9-11-22(14-17)18(19-3)20-12-15-8-7-10-21(4)13-15/h15-17H,5-14H2,1-4H3,(H,19,20). The van der Waals surface area contributed by atoms with Gasteiger partial charge in [0.1, 0.15) is 0 Å². The van der Waals surface area contributed by atoms with Gasteiger partial charge in [0.25, 0.3) is 0 Å². The summed E-state index contributed by atoms with van der Waals surface area (Å²) >= 11 is 0. The lowest BCUT2D eigenvalue weighted by molar-refractivity contribution is 0.209. The normalized spacial score (nSPS) is 27.7. The summed E-state index contributed by atoms with van der Waals surface area (Å²) in [7, 11) is 4.17. The van der Waals surface area contributed by atoms with Gasteiger partial charge in [-0.2, -0.15) is 0 Å². The van der Waals surface area contributed by atoms with Crippen LogP contribution in [0.3, 0.4) is 0 Å². The molecular formula is C18H36N4. The highest BCUT2D eigenvalue weighted by Crippen LogP contribution is 2.28. The van der Waals surface area contributed by atoms with Crippen LogP contribution in [0.5, 0.6) is 0 Å². The van der Waals surface area contributed by atoms with Gasteiger partial charge in [-0.15, -0.1) is 0 Å². The Kier molecular flexibility index (Phi) is 7.00. The van der Waals surface area contributed by atoms with Crippen molar-refractivity contribution in [2.45, 2.75) is 46.0 Å². The molecule has 0 bridgehead atoms. The average molecular weight is 309 g/mol. The molecule has 0 spiro atoms. The molecular weight excluding hydrogens is 272 g/mol. The Morgan fingerprint density at radius 3 is 2.59 bits per heavy atom. The van der Waals surface area contributed by atoms with Crippen molar-refractivity contribution in [2.75, 3.05) is 46.8 Å². The summed E-state index contributed by atoms with van der Waals surface area (Å²) < 4.78 is 0. The van der Waals surface area contributed by atoms with E-state index in [1.165, 1.54) is 58.3 Å². The van der Waals surface area contributed by atoms with Crippen LogP contribution in [-0.4, -0.2) is 62.6 Å². The molecule has 2 aliphatic rings. The maximum atomic E-state index is 4.54. The number of likely N-dealkylation sites (tertiary alicyclic amines) is 2. The van der Waals surface area contributed by atoms with Gasteiger partial charge in [-0.05, 0) is 50.6 Å². The minimum atomic E-state index is 0.771. The fourth-order valence-corrected chi connectivity index (χ4v) is 4.33. The molecule has 0 radical (unpaired) electrons. The molecule has 0 aliphatic carbocycles. The SMILES string of the molecule is CCC(CC)C1CCN(C(=NC)NCC2CCCN(C)C2)C1. The molecule has 0 amide bonds. The van der Waals surface area contributed by atoms with E-state index in [9.17, 15) is 0 Å². The molecule has 2 saturated heterocycles. The number of rotatable bonds is 5. The maximum absolute atomic E-state index is 4.54. The molecule has 4 nitrogen and oxygen atoms in total. The zero-order valence-electron chi connectivity index (χ0n) is 15.1. The van der Waals surface area contributed by atoms with Crippen molar-refractivity contribution < 1.29 is 0 Å². The molecule has 2 fully saturated rings. The summed E-state index contributed by atoms with van der Waals surface area (Å²) in [6.45, 7) is 10.6. The first-order chi connectivity index (χ1) is 10.7. The van der Waals surface area contributed by atoms with Crippen LogP contribution in [-0.2, 0) is 0 Å². The largest absolute Gasteiger partial charge is 0.356 e. The van der Waals surface area contributed by atoms with Gasteiger partial charge in [0.2, 0.25) is 0 Å². The summed E-state index contributed by atoms with van der Waals surface area (Å²) in [5, 5.41) is 3.65. The van der Waals surface area contributed by atoms with Crippen molar-refractivity contribution >= 4 is 5.96 Å². The van der Waals surface area contributed by atoms with Gasteiger partial charge in [-0.25, -0.2) is 0 Å². The van der Waals surface area contributed by atoms with Crippen molar-refractivity contribution in [1.29, 1.82) is 0 Å². The molecule has 2 atom stereocenters. The first-order valence-corrected chi connectivity index (χ1v) is 9.32. The second kappa shape index (κ2) is 8.76. The summed E-state index contributed by atoms with van der Waals surface area (Å²) in [6, 6.07) is 0. The second-order valence-electron chi connectivity index (χ2n) is 7.27. The number of guanidine groups is 1. The average Bonchev–Trinajstić information content (AvgIpc) is 2.99. The van der Waals surface area contributed by atoms with E-state index in [0.29, 0.717) is 0 Å². The zero-order chi connectivity index (χ0) is 15.9. The molecule has 2 heterocycles. The molecule has 0 aromatic rings. The monoisotopic (exact) mass is 308 g/mol. The van der Waals surface area contributed by atoms with Gasteiger partial charge in [0.05, 0.1) is 0 Å². The number of hydrogen-bond donors (Lipinski definition) is 1. The van der Waals surface area contributed by atoms with E-state index < -0.39 is 0 Å². The predicted octanol–water partition coefficient (Wildman–Crippen LogP) is 2.66. The lowest BCUT2D eigenvalue weighted by atomic mass is 9.87. The first-order valence-electron chi connectivity index (χ1n) is 9.32.